The minimum absolute atomic E-state index is 0.0132. The van der Waals surface area contributed by atoms with E-state index in [4.69, 9.17) is 4.74 Å². The molecular formula is C16H13F3O2. The summed E-state index contributed by atoms with van der Waals surface area (Å²) in [5.41, 5.74) is -1.17. The van der Waals surface area contributed by atoms with Gasteiger partial charge < -0.3 is 4.74 Å². The van der Waals surface area contributed by atoms with E-state index < -0.39 is 24.2 Å². The summed E-state index contributed by atoms with van der Waals surface area (Å²) in [6, 6.07) is 12.3. The van der Waals surface area contributed by atoms with Crippen LogP contribution in [0.3, 0.4) is 0 Å². The van der Waals surface area contributed by atoms with Crippen LogP contribution in [0.5, 0.6) is 0 Å². The molecule has 1 heterocycles. The van der Waals surface area contributed by atoms with Crippen LogP contribution in [0.1, 0.15) is 24.8 Å². The molecule has 1 aliphatic rings. The number of benzene rings is 2. The molecule has 0 spiro atoms. The summed E-state index contributed by atoms with van der Waals surface area (Å²) in [7, 11) is 0. The predicted octanol–water partition coefficient (Wildman–Crippen LogP) is 4.32. The van der Waals surface area contributed by atoms with E-state index in [1.165, 1.54) is 0 Å². The maximum Gasteiger partial charge on any atom is 0.393 e. The Balaban J connectivity index is 2.18. The van der Waals surface area contributed by atoms with Crippen molar-refractivity contribution in [2.45, 2.75) is 31.0 Å². The lowest BCUT2D eigenvalue weighted by Crippen LogP contribution is -2.32. The molecule has 0 aliphatic carbocycles. The summed E-state index contributed by atoms with van der Waals surface area (Å²) < 4.78 is 44.1. The molecule has 2 nitrogen and oxygen atoms in total. The number of fused-ring (bicyclic) bond motifs is 1. The molecule has 0 saturated carbocycles. The molecule has 0 aromatic heterocycles. The molecule has 0 unspecified atom stereocenters. The van der Waals surface area contributed by atoms with Crippen LogP contribution < -0.4 is 0 Å². The van der Waals surface area contributed by atoms with Gasteiger partial charge in [-0.1, -0.05) is 42.5 Å². The average molecular weight is 294 g/mol. The molecule has 5 heteroatoms. The summed E-state index contributed by atoms with van der Waals surface area (Å²) >= 11 is 0. The standard InChI is InChI=1S/C16H13F3O2/c17-16(18,19)10-15(9-8-14(20)21-15)13-7-3-5-11-4-1-2-6-12(11)13/h1-7H,8-10H2/t15-/m1/s1. The number of alkyl halides is 3. The van der Waals surface area contributed by atoms with Gasteiger partial charge in [0, 0.05) is 18.4 Å². The number of cyclic esters (lactones) is 1. The van der Waals surface area contributed by atoms with E-state index >= 15 is 0 Å². The molecule has 21 heavy (non-hydrogen) atoms. The Morgan fingerprint density at radius 1 is 1.10 bits per heavy atom. The van der Waals surface area contributed by atoms with Crippen molar-refractivity contribution in [2.75, 3.05) is 0 Å². The normalized spacial score (nSPS) is 22.5. The molecule has 0 radical (unpaired) electrons. The number of carbonyl (C=O) groups excluding carboxylic acids is 1. The molecule has 1 fully saturated rings. The van der Waals surface area contributed by atoms with Gasteiger partial charge in [0.25, 0.3) is 0 Å². The summed E-state index contributed by atoms with van der Waals surface area (Å²) in [6.07, 6.45) is -5.49. The Kier molecular flexibility index (Phi) is 3.15. The van der Waals surface area contributed by atoms with Gasteiger partial charge in [-0.25, -0.2) is 0 Å². The Morgan fingerprint density at radius 3 is 2.48 bits per heavy atom. The topological polar surface area (TPSA) is 26.3 Å². The van der Waals surface area contributed by atoms with E-state index in [9.17, 15) is 18.0 Å². The van der Waals surface area contributed by atoms with Crippen molar-refractivity contribution in [3.8, 4) is 0 Å². The lowest BCUT2D eigenvalue weighted by atomic mass is 9.84. The van der Waals surface area contributed by atoms with Crippen molar-refractivity contribution in [2.24, 2.45) is 0 Å². The van der Waals surface area contributed by atoms with Crippen LogP contribution in [0.4, 0.5) is 13.2 Å². The minimum atomic E-state index is -4.40. The average Bonchev–Trinajstić information content (AvgIpc) is 2.78. The maximum absolute atomic E-state index is 13.0. The highest BCUT2D eigenvalue weighted by atomic mass is 19.4. The zero-order valence-corrected chi connectivity index (χ0v) is 11.1. The number of carbonyl (C=O) groups is 1. The summed E-state index contributed by atoms with van der Waals surface area (Å²) in [4.78, 5) is 11.5. The summed E-state index contributed by atoms with van der Waals surface area (Å²) in [6.45, 7) is 0. The Bertz CT molecular complexity index is 688. The van der Waals surface area contributed by atoms with E-state index in [0.717, 1.165) is 5.39 Å². The molecule has 1 atom stereocenters. The van der Waals surface area contributed by atoms with Gasteiger partial charge in [-0.3, -0.25) is 4.79 Å². The van der Waals surface area contributed by atoms with E-state index in [2.05, 4.69) is 0 Å². The maximum atomic E-state index is 13.0. The molecule has 110 valence electrons. The second kappa shape index (κ2) is 4.76. The zero-order chi connectivity index (χ0) is 15.1. The van der Waals surface area contributed by atoms with Crippen molar-refractivity contribution < 1.29 is 22.7 Å². The highest BCUT2D eigenvalue weighted by Crippen LogP contribution is 2.46. The van der Waals surface area contributed by atoms with E-state index in [1.54, 1.807) is 24.3 Å². The molecule has 0 N–H and O–H groups in total. The summed E-state index contributed by atoms with van der Waals surface area (Å²) in [5, 5.41) is 1.53. The van der Waals surface area contributed by atoms with E-state index in [0.29, 0.717) is 10.9 Å². The molecule has 3 rings (SSSR count). The third-order valence-electron chi connectivity index (χ3n) is 3.81. The minimum Gasteiger partial charge on any atom is -0.454 e. The van der Waals surface area contributed by atoms with Gasteiger partial charge in [-0.05, 0) is 10.8 Å². The number of esters is 1. The number of hydrogen-bond donors (Lipinski definition) is 0. The first kappa shape index (κ1) is 13.9. The molecule has 0 amide bonds. The quantitative estimate of drug-likeness (QED) is 0.771. The number of rotatable bonds is 2. The van der Waals surface area contributed by atoms with Crippen LogP contribution in [0.2, 0.25) is 0 Å². The van der Waals surface area contributed by atoms with Crippen molar-refractivity contribution in [1.29, 1.82) is 0 Å². The van der Waals surface area contributed by atoms with Gasteiger partial charge in [-0.2, -0.15) is 13.2 Å². The predicted molar refractivity (Wildman–Crippen MR) is 71.6 cm³/mol. The van der Waals surface area contributed by atoms with Crippen LogP contribution >= 0.6 is 0 Å². The number of halogens is 3. The van der Waals surface area contributed by atoms with Gasteiger partial charge in [0.1, 0.15) is 5.60 Å². The number of hydrogen-bond acceptors (Lipinski definition) is 2. The molecule has 2 aromatic carbocycles. The van der Waals surface area contributed by atoms with E-state index in [-0.39, 0.29) is 12.8 Å². The molecular weight excluding hydrogens is 281 g/mol. The first-order valence-electron chi connectivity index (χ1n) is 6.66. The lowest BCUT2D eigenvalue weighted by molar-refractivity contribution is -0.186. The zero-order valence-electron chi connectivity index (χ0n) is 11.1. The fraction of sp³-hybridized carbons (Fsp3) is 0.312. The van der Waals surface area contributed by atoms with Crippen molar-refractivity contribution in [3.05, 3.63) is 48.0 Å². The Morgan fingerprint density at radius 2 is 1.81 bits per heavy atom. The smallest absolute Gasteiger partial charge is 0.393 e. The highest BCUT2D eigenvalue weighted by molar-refractivity contribution is 5.87. The van der Waals surface area contributed by atoms with Gasteiger partial charge >= 0.3 is 12.1 Å². The molecule has 1 saturated heterocycles. The van der Waals surface area contributed by atoms with Crippen LogP contribution in [0.15, 0.2) is 42.5 Å². The van der Waals surface area contributed by atoms with Gasteiger partial charge in [0.2, 0.25) is 0 Å². The molecule has 1 aliphatic heterocycles. The van der Waals surface area contributed by atoms with Gasteiger partial charge in [0.05, 0.1) is 6.42 Å². The highest BCUT2D eigenvalue weighted by Gasteiger charge is 2.50. The van der Waals surface area contributed by atoms with Gasteiger partial charge in [0.15, 0.2) is 0 Å². The van der Waals surface area contributed by atoms with Crippen LogP contribution in [-0.4, -0.2) is 12.1 Å². The lowest BCUT2D eigenvalue weighted by Gasteiger charge is -2.30. The molecule has 0 bridgehead atoms. The number of ether oxygens (including phenoxy) is 1. The van der Waals surface area contributed by atoms with Crippen molar-refractivity contribution >= 4 is 16.7 Å². The van der Waals surface area contributed by atoms with Gasteiger partial charge in [-0.15, -0.1) is 0 Å². The third kappa shape index (κ3) is 2.60. The van der Waals surface area contributed by atoms with E-state index in [1.807, 2.05) is 18.2 Å². The summed E-state index contributed by atoms with van der Waals surface area (Å²) in [5.74, 6) is -0.577. The third-order valence-corrected chi connectivity index (χ3v) is 3.81. The fourth-order valence-electron chi connectivity index (χ4n) is 2.98. The monoisotopic (exact) mass is 294 g/mol. The first-order chi connectivity index (χ1) is 9.90. The Hall–Kier alpha value is -2.04. The fourth-order valence-corrected chi connectivity index (χ4v) is 2.98. The molecule has 2 aromatic rings. The Labute approximate surface area is 119 Å². The SMILES string of the molecule is O=C1CC[C@@](CC(F)(F)F)(c2cccc3ccccc23)O1. The van der Waals surface area contributed by atoms with Crippen molar-refractivity contribution in [3.63, 3.8) is 0 Å². The largest absolute Gasteiger partial charge is 0.454 e. The first-order valence-corrected chi connectivity index (χ1v) is 6.66. The van der Waals surface area contributed by atoms with Crippen LogP contribution in [-0.2, 0) is 15.1 Å². The van der Waals surface area contributed by atoms with Crippen LogP contribution in [0.25, 0.3) is 10.8 Å². The van der Waals surface area contributed by atoms with Crippen molar-refractivity contribution in [1.82, 2.24) is 0 Å². The second-order valence-electron chi connectivity index (χ2n) is 5.29. The second-order valence-corrected chi connectivity index (χ2v) is 5.29. The van der Waals surface area contributed by atoms with Crippen LogP contribution in [0, 0.1) is 0 Å².